The quantitative estimate of drug-likeness (QED) is 0.668. The zero-order valence-electron chi connectivity index (χ0n) is 17.0. The van der Waals surface area contributed by atoms with Crippen LogP contribution in [0.15, 0.2) is 53.1 Å². The van der Waals surface area contributed by atoms with Gasteiger partial charge in [0.2, 0.25) is 0 Å². The number of aromatic nitrogens is 2. The van der Waals surface area contributed by atoms with Crippen molar-refractivity contribution in [3.63, 3.8) is 0 Å². The molecular weight excluding hydrogens is 384 g/mol. The Balaban J connectivity index is 1.34. The molecule has 0 atom stereocenters. The van der Waals surface area contributed by atoms with Crippen molar-refractivity contribution in [2.45, 2.75) is 18.9 Å². The lowest BCUT2D eigenvalue weighted by molar-refractivity contribution is 0.0718. The summed E-state index contributed by atoms with van der Waals surface area (Å²) in [6.45, 7) is 1.29. The van der Waals surface area contributed by atoms with Gasteiger partial charge >= 0.3 is 0 Å². The van der Waals surface area contributed by atoms with Crippen LogP contribution in [0.25, 0.3) is 11.5 Å². The molecule has 1 saturated heterocycles. The molecule has 0 aliphatic carbocycles. The Labute approximate surface area is 174 Å². The SMILES string of the molecule is COc1ccc(C(=O)N2CCC(Nc3noc(-c4ccccc4)n3)CC2)cc1OC. The van der Waals surface area contributed by atoms with Gasteiger partial charge in [0, 0.05) is 30.3 Å². The second-order valence-corrected chi connectivity index (χ2v) is 7.07. The maximum absolute atomic E-state index is 12.9. The molecule has 1 fully saturated rings. The first-order valence-electron chi connectivity index (χ1n) is 9.85. The number of hydrogen-bond acceptors (Lipinski definition) is 7. The summed E-state index contributed by atoms with van der Waals surface area (Å²) in [5.74, 6) is 2.09. The highest BCUT2D eigenvalue weighted by Crippen LogP contribution is 2.28. The Morgan fingerprint density at radius 2 is 1.80 bits per heavy atom. The van der Waals surface area contributed by atoms with Crippen molar-refractivity contribution in [3.05, 3.63) is 54.1 Å². The van der Waals surface area contributed by atoms with Crippen molar-refractivity contribution in [1.82, 2.24) is 15.0 Å². The minimum Gasteiger partial charge on any atom is -0.493 e. The summed E-state index contributed by atoms with van der Waals surface area (Å²) in [6.07, 6.45) is 1.60. The monoisotopic (exact) mass is 408 g/mol. The number of anilines is 1. The molecule has 2 aromatic carbocycles. The minimum absolute atomic E-state index is 0.0136. The third-order valence-electron chi connectivity index (χ3n) is 5.19. The number of carbonyl (C=O) groups is 1. The number of ether oxygens (including phenoxy) is 2. The summed E-state index contributed by atoms with van der Waals surface area (Å²) in [4.78, 5) is 19.1. The second-order valence-electron chi connectivity index (χ2n) is 7.07. The van der Waals surface area contributed by atoms with E-state index < -0.39 is 0 Å². The van der Waals surface area contributed by atoms with Crippen molar-refractivity contribution in [2.24, 2.45) is 0 Å². The van der Waals surface area contributed by atoms with Crippen molar-refractivity contribution in [1.29, 1.82) is 0 Å². The molecule has 0 unspecified atom stereocenters. The summed E-state index contributed by atoms with van der Waals surface area (Å²) in [5, 5.41) is 7.33. The second kappa shape index (κ2) is 8.86. The molecule has 2 heterocycles. The lowest BCUT2D eigenvalue weighted by Crippen LogP contribution is -2.42. The van der Waals surface area contributed by atoms with Gasteiger partial charge in [-0.05, 0) is 48.3 Å². The van der Waals surface area contributed by atoms with Crippen molar-refractivity contribution >= 4 is 11.9 Å². The zero-order valence-corrected chi connectivity index (χ0v) is 17.0. The molecule has 1 N–H and O–H groups in total. The van der Waals surface area contributed by atoms with Gasteiger partial charge in [0.15, 0.2) is 11.5 Å². The summed E-state index contributed by atoms with van der Waals surface area (Å²) in [7, 11) is 3.13. The zero-order chi connectivity index (χ0) is 20.9. The van der Waals surface area contributed by atoms with Gasteiger partial charge in [0.1, 0.15) is 0 Å². The highest BCUT2D eigenvalue weighted by atomic mass is 16.5. The number of nitrogens with zero attached hydrogens (tertiary/aromatic N) is 3. The van der Waals surface area contributed by atoms with Crippen LogP contribution in [-0.4, -0.2) is 54.3 Å². The first-order valence-corrected chi connectivity index (χ1v) is 9.85. The molecule has 0 saturated carbocycles. The van der Waals surface area contributed by atoms with E-state index in [4.69, 9.17) is 14.0 Å². The fraction of sp³-hybridized carbons (Fsp3) is 0.318. The molecule has 156 valence electrons. The van der Waals surface area contributed by atoms with E-state index in [1.165, 1.54) is 0 Å². The van der Waals surface area contributed by atoms with Crippen LogP contribution in [0.3, 0.4) is 0 Å². The molecule has 8 heteroatoms. The lowest BCUT2D eigenvalue weighted by Gasteiger charge is -2.32. The highest BCUT2D eigenvalue weighted by molar-refractivity contribution is 5.95. The van der Waals surface area contributed by atoms with Crippen LogP contribution in [0.4, 0.5) is 5.95 Å². The smallest absolute Gasteiger partial charge is 0.263 e. The third kappa shape index (κ3) is 4.22. The fourth-order valence-corrected chi connectivity index (χ4v) is 3.54. The van der Waals surface area contributed by atoms with Gasteiger partial charge in [0.25, 0.3) is 17.7 Å². The van der Waals surface area contributed by atoms with Crippen LogP contribution in [0.1, 0.15) is 23.2 Å². The van der Waals surface area contributed by atoms with Gasteiger partial charge in [0.05, 0.1) is 14.2 Å². The number of benzene rings is 2. The van der Waals surface area contributed by atoms with E-state index in [-0.39, 0.29) is 11.9 Å². The fourth-order valence-electron chi connectivity index (χ4n) is 3.54. The van der Waals surface area contributed by atoms with Gasteiger partial charge in [-0.15, -0.1) is 0 Å². The maximum Gasteiger partial charge on any atom is 0.263 e. The summed E-state index contributed by atoms with van der Waals surface area (Å²) in [5.41, 5.74) is 1.47. The van der Waals surface area contributed by atoms with Crippen LogP contribution < -0.4 is 14.8 Å². The predicted molar refractivity (Wildman–Crippen MR) is 112 cm³/mol. The first-order chi connectivity index (χ1) is 14.7. The number of carbonyl (C=O) groups excluding carboxylic acids is 1. The number of rotatable bonds is 6. The molecule has 0 bridgehead atoms. The summed E-state index contributed by atoms with van der Waals surface area (Å²) >= 11 is 0. The van der Waals surface area contributed by atoms with Crippen LogP contribution in [0, 0.1) is 0 Å². The van der Waals surface area contributed by atoms with Crippen molar-refractivity contribution < 1.29 is 18.8 Å². The van der Waals surface area contributed by atoms with E-state index >= 15 is 0 Å². The van der Waals surface area contributed by atoms with E-state index in [1.807, 2.05) is 35.2 Å². The van der Waals surface area contributed by atoms with E-state index in [1.54, 1.807) is 32.4 Å². The number of amides is 1. The predicted octanol–water partition coefficient (Wildman–Crippen LogP) is 3.47. The molecule has 8 nitrogen and oxygen atoms in total. The Morgan fingerprint density at radius 3 is 2.50 bits per heavy atom. The average molecular weight is 408 g/mol. The van der Waals surface area contributed by atoms with Crippen molar-refractivity contribution in [2.75, 3.05) is 32.6 Å². The highest BCUT2D eigenvalue weighted by Gasteiger charge is 2.25. The minimum atomic E-state index is -0.0136. The molecular formula is C22H24N4O4. The Kier molecular flexibility index (Phi) is 5.83. The normalized spacial score (nSPS) is 14.4. The topological polar surface area (TPSA) is 89.7 Å². The largest absolute Gasteiger partial charge is 0.493 e. The van der Waals surface area contributed by atoms with E-state index in [2.05, 4.69) is 15.5 Å². The number of hydrogen-bond donors (Lipinski definition) is 1. The molecule has 0 radical (unpaired) electrons. The van der Waals surface area contributed by atoms with E-state index in [0.29, 0.717) is 42.0 Å². The lowest BCUT2D eigenvalue weighted by atomic mass is 10.0. The Bertz CT molecular complexity index is 997. The molecule has 1 aliphatic heterocycles. The summed E-state index contributed by atoms with van der Waals surface area (Å²) < 4.78 is 15.9. The van der Waals surface area contributed by atoms with Crippen LogP contribution in [0.5, 0.6) is 11.5 Å². The van der Waals surface area contributed by atoms with Gasteiger partial charge in [-0.1, -0.05) is 18.2 Å². The van der Waals surface area contributed by atoms with Gasteiger partial charge in [-0.3, -0.25) is 4.79 Å². The molecule has 1 amide bonds. The number of methoxy groups -OCH3 is 2. The summed E-state index contributed by atoms with van der Waals surface area (Å²) in [6, 6.07) is 15.1. The molecule has 0 spiro atoms. The molecule has 30 heavy (non-hydrogen) atoms. The van der Waals surface area contributed by atoms with Crippen LogP contribution in [-0.2, 0) is 0 Å². The Hall–Kier alpha value is -3.55. The van der Waals surface area contributed by atoms with E-state index in [9.17, 15) is 4.79 Å². The maximum atomic E-state index is 12.9. The Morgan fingerprint density at radius 1 is 1.07 bits per heavy atom. The van der Waals surface area contributed by atoms with Gasteiger partial charge in [-0.25, -0.2) is 0 Å². The van der Waals surface area contributed by atoms with Crippen LogP contribution in [0.2, 0.25) is 0 Å². The number of piperidine rings is 1. The van der Waals surface area contributed by atoms with Crippen molar-refractivity contribution in [3.8, 4) is 23.0 Å². The standard InChI is InChI=1S/C22H24N4O4/c1-28-18-9-8-16(14-19(18)29-2)21(27)26-12-10-17(11-13-26)23-22-24-20(30-25-22)15-6-4-3-5-7-15/h3-9,14,17H,10-13H2,1-2H3,(H,23,25). The molecule has 3 aromatic rings. The van der Waals surface area contributed by atoms with Crippen LogP contribution >= 0.6 is 0 Å². The molecule has 4 rings (SSSR count). The molecule has 1 aliphatic rings. The van der Waals surface area contributed by atoms with Gasteiger partial charge < -0.3 is 24.2 Å². The number of nitrogens with one attached hydrogen (secondary N) is 1. The van der Waals surface area contributed by atoms with E-state index in [0.717, 1.165) is 18.4 Å². The first kappa shape index (κ1) is 19.8. The number of likely N-dealkylation sites (tertiary alicyclic amines) is 1. The third-order valence-corrected chi connectivity index (χ3v) is 5.19. The molecule has 1 aromatic heterocycles. The average Bonchev–Trinajstić information content (AvgIpc) is 3.27. The van der Waals surface area contributed by atoms with Gasteiger partial charge in [-0.2, -0.15) is 4.98 Å².